The first kappa shape index (κ1) is 6.56. The summed E-state index contributed by atoms with van der Waals surface area (Å²) in [6.45, 7) is 4.31. The Hall–Kier alpha value is 0.440. The molecule has 2 heteroatoms. The molecule has 0 aromatic heterocycles. The smallest absolute Gasteiger partial charge is 0.0967 e. The standard InChI is InChI=1S/C6H11BrO/c1-3-6(2)5(4-7)8-6/h5H,3-4H2,1-2H3. The van der Waals surface area contributed by atoms with Crippen LogP contribution in [0.3, 0.4) is 0 Å². The van der Waals surface area contributed by atoms with Gasteiger partial charge in [0.25, 0.3) is 0 Å². The lowest BCUT2D eigenvalue weighted by molar-refractivity contribution is 0.306. The van der Waals surface area contributed by atoms with Crippen molar-refractivity contribution in [2.24, 2.45) is 0 Å². The topological polar surface area (TPSA) is 12.5 Å². The summed E-state index contributed by atoms with van der Waals surface area (Å²) in [7, 11) is 0. The minimum atomic E-state index is 0.212. The van der Waals surface area contributed by atoms with Gasteiger partial charge in [0, 0.05) is 5.33 Å². The number of rotatable bonds is 2. The van der Waals surface area contributed by atoms with Crippen LogP contribution in [0.4, 0.5) is 0 Å². The number of ether oxygens (including phenoxy) is 1. The second-order valence-electron chi connectivity index (χ2n) is 2.43. The van der Waals surface area contributed by atoms with E-state index < -0.39 is 0 Å². The van der Waals surface area contributed by atoms with Crippen LogP contribution in [0.1, 0.15) is 20.3 Å². The van der Waals surface area contributed by atoms with Gasteiger partial charge in [-0.25, -0.2) is 0 Å². The Kier molecular flexibility index (Phi) is 1.63. The molecule has 1 heterocycles. The lowest BCUT2D eigenvalue weighted by Crippen LogP contribution is -2.07. The highest BCUT2D eigenvalue weighted by Crippen LogP contribution is 2.39. The molecule has 0 aliphatic carbocycles. The maximum Gasteiger partial charge on any atom is 0.0967 e. The minimum Gasteiger partial charge on any atom is -0.365 e. The molecule has 0 saturated carbocycles. The lowest BCUT2D eigenvalue weighted by atomic mass is 10.1. The van der Waals surface area contributed by atoms with Crippen LogP contribution in [0, 0.1) is 0 Å². The normalized spacial score (nSPS) is 44.6. The summed E-state index contributed by atoms with van der Waals surface area (Å²) >= 11 is 3.37. The van der Waals surface area contributed by atoms with Crippen molar-refractivity contribution in [2.75, 3.05) is 5.33 Å². The summed E-state index contributed by atoms with van der Waals surface area (Å²) in [5.41, 5.74) is 0.212. The van der Waals surface area contributed by atoms with Gasteiger partial charge in [0.1, 0.15) is 0 Å². The summed E-state index contributed by atoms with van der Waals surface area (Å²) in [6, 6.07) is 0. The maximum absolute atomic E-state index is 5.36. The molecule has 0 aromatic carbocycles. The van der Waals surface area contributed by atoms with Gasteiger partial charge >= 0.3 is 0 Å². The third kappa shape index (κ3) is 0.914. The van der Waals surface area contributed by atoms with E-state index in [1.165, 1.54) is 0 Å². The molecule has 1 aliphatic heterocycles. The molecule has 0 radical (unpaired) electrons. The Morgan fingerprint density at radius 3 is 2.50 bits per heavy atom. The van der Waals surface area contributed by atoms with E-state index in [9.17, 15) is 0 Å². The number of hydrogen-bond donors (Lipinski definition) is 0. The first-order valence-corrected chi connectivity index (χ1v) is 4.09. The number of halogens is 1. The lowest BCUT2D eigenvalue weighted by Gasteiger charge is -1.95. The van der Waals surface area contributed by atoms with E-state index in [0.717, 1.165) is 11.8 Å². The van der Waals surface area contributed by atoms with Crippen molar-refractivity contribution in [1.82, 2.24) is 0 Å². The van der Waals surface area contributed by atoms with Crippen molar-refractivity contribution in [3.05, 3.63) is 0 Å². The molecule has 8 heavy (non-hydrogen) atoms. The Bertz CT molecular complexity index is 94.5. The van der Waals surface area contributed by atoms with E-state index in [0.29, 0.717) is 6.10 Å². The second kappa shape index (κ2) is 1.99. The Morgan fingerprint density at radius 2 is 2.38 bits per heavy atom. The molecule has 1 aliphatic rings. The summed E-state index contributed by atoms with van der Waals surface area (Å²) in [5, 5.41) is 0.983. The van der Waals surface area contributed by atoms with Crippen LogP contribution in [0.2, 0.25) is 0 Å². The van der Waals surface area contributed by atoms with E-state index in [2.05, 4.69) is 29.8 Å². The molecule has 0 bridgehead atoms. The van der Waals surface area contributed by atoms with Crippen LogP contribution in [0.15, 0.2) is 0 Å². The van der Waals surface area contributed by atoms with Crippen molar-refractivity contribution in [1.29, 1.82) is 0 Å². The maximum atomic E-state index is 5.36. The molecule has 0 spiro atoms. The molecule has 1 fully saturated rings. The van der Waals surface area contributed by atoms with Crippen molar-refractivity contribution in [3.63, 3.8) is 0 Å². The largest absolute Gasteiger partial charge is 0.365 e. The molecular weight excluding hydrogens is 168 g/mol. The van der Waals surface area contributed by atoms with Crippen molar-refractivity contribution >= 4 is 15.9 Å². The summed E-state index contributed by atoms with van der Waals surface area (Å²) in [5.74, 6) is 0. The SMILES string of the molecule is CCC1(C)OC1CBr. The Balaban J connectivity index is 2.31. The van der Waals surface area contributed by atoms with Gasteiger partial charge in [-0.15, -0.1) is 0 Å². The predicted octanol–water partition coefficient (Wildman–Crippen LogP) is 1.95. The van der Waals surface area contributed by atoms with Crippen molar-refractivity contribution in [3.8, 4) is 0 Å². The molecular formula is C6H11BrO. The van der Waals surface area contributed by atoms with E-state index in [1.54, 1.807) is 0 Å². The van der Waals surface area contributed by atoms with Gasteiger partial charge in [0.05, 0.1) is 11.7 Å². The van der Waals surface area contributed by atoms with Gasteiger partial charge in [-0.3, -0.25) is 0 Å². The molecule has 0 amide bonds. The van der Waals surface area contributed by atoms with Gasteiger partial charge in [-0.05, 0) is 13.3 Å². The average Bonchev–Trinajstić information content (AvgIpc) is 2.44. The van der Waals surface area contributed by atoms with E-state index in [1.807, 2.05) is 0 Å². The monoisotopic (exact) mass is 178 g/mol. The van der Waals surface area contributed by atoms with Gasteiger partial charge in [0.2, 0.25) is 0 Å². The summed E-state index contributed by atoms with van der Waals surface area (Å²) in [6.07, 6.45) is 1.61. The van der Waals surface area contributed by atoms with Gasteiger partial charge < -0.3 is 4.74 Å². The fourth-order valence-corrected chi connectivity index (χ4v) is 1.61. The molecule has 0 N–H and O–H groups in total. The zero-order valence-corrected chi connectivity index (χ0v) is 6.86. The molecule has 48 valence electrons. The Labute approximate surface area is 58.5 Å². The van der Waals surface area contributed by atoms with Gasteiger partial charge in [0.15, 0.2) is 0 Å². The zero-order valence-electron chi connectivity index (χ0n) is 5.28. The van der Waals surface area contributed by atoms with Crippen LogP contribution in [-0.4, -0.2) is 17.0 Å². The first-order valence-electron chi connectivity index (χ1n) is 2.96. The van der Waals surface area contributed by atoms with E-state index in [-0.39, 0.29) is 5.60 Å². The summed E-state index contributed by atoms with van der Waals surface area (Å²) < 4.78 is 5.36. The minimum absolute atomic E-state index is 0.212. The molecule has 1 nitrogen and oxygen atoms in total. The zero-order chi connectivity index (χ0) is 6.20. The van der Waals surface area contributed by atoms with Crippen LogP contribution >= 0.6 is 15.9 Å². The molecule has 2 unspecified atom stereocenters. The fraction of sp³-hybridized carbons (Fsp3) is 1.00. The van der Waals surface area contributed by atoms with Crippen LogP contribution in [-0.2, 0) is 4.74 Å². The Morgan fingerprint density at radius 1 is 1.75 bits per heavy atom. The number of alkyl halides is 1. The predicted molar refractivity (Wildman–Crippen MR) is 37.4 cm³/mol. The third-order valence-electron chi connectivity index (χ3n) is 1.88. The van der Waals surface area contributed by atoms with Gasteiger partial charge in [-0.2, -0.15) is 0 Å². The van der Waals surface area contributed by atoms with Crippen molar-refractivity contribution in [2.45, 2.75) is 32.0 Å². The highest BCUT2D eigenvalue weighted by molar-refractivity contribution is 9.09. The van der Waals surface area contributed by atoms with Crippen LogP contribution in [0.25, 0.3) is 0 Å². The van der Waals surface area contributed by atoms with E-state index >= 15 is 0 Å². The molecule has 1 saturated heterocycles. The van der Waals surface area contributed by atoms with E-state index in [4.69, 9.17) is 4.74 Å². The first-order chi connectivity index (χ1) is 3.73. The third-order valence-corrected chi connectivity index (χ3v) is 2.47. The van der Waals surface area contributed by atoms with Crippen LogP contribution < -0.4 is 0 Å². The highest BCUT2D eigenvalue weighted by atomic mass is 79.9. The number of hydrogen-bond acceptors (Lipinski definition) is 1. The van der Waals surface area contributed by atoms with Crippen molar-refractivity contribution < 1.29 is 4.74 Å². The van der Waals surface area contributed by atoms with Crippen LogP contribution in [0.5, 0.6) is 0 Å². The summed E-state index contributed by atoms with van der Waals surface area (Å²) in [4.78, 5) is 0. The number of epoxide rings is 1. The highest BCUT2D eigenvalue weighted by Gasteiger charge is 2.49. The fourth-order valence-electron chi connectivity index (χ4n) is 0.797. The quantitative estimate of drug-likeness (QED) is 0.466. The molecule has 1 rings (SSSR count). The average molecular weight is 179 g/mol. The van der Waals surface area contributed by atoms with Gasteiger partial charge in [-0.1, -0.05) is 22.9 Å². The molecule has 0 aromatic rings. The molecule has 2 atom stereocenters. The second-order valence-corrected chi connectivity index (χ2v) is 3.07.